The number of benzene rings is 1. The molecule has 0 fully saturated rings. The van der Waals surface area contributed by atoms with Crippen molar-refractivity contribution in [2.45, 2.75) is 33.2 Å². The third kappa shape index (κ3) is 4.55. The SMILES string of the molecule is CCNCc1ccc(Oc2ccc(Br)cc2C(C)C)nc1. The molecule has 3 nitrogen and oxygen atoms in total. The molecule has 112 valence electrons. The molecule has 0 aliphatic heterocycles. The Morgan fingerprint density at radius 3 is 2.67 bits per heavy atom. The number of ether oxygens (including phenoxy) is 1. The quantitative estimate of drug-likeness (QED) is 0.808. The first-order valence-electron chi connectivity index (χ1n) is 7.23. The lowest BCUT2D eigenvalue weighted by atomic mass is 10.0. The summed E-state index contributed by atoms with van der Waals surface area (Å²) in [4.78, 5) is 4.38. The monoisotopic (exact) mass is 348 g/mol. The Kier molecular flexibility index (Phi) is 5.76. The number of nitrogens with one attached hydrogen (secondary N) is 1. The summed E-state index contributed by atoms with van der Waals surface area (Å²) in [6.07, 6.45) is 1.85. The highest BCUT2D eigenvalue weighted by atomic mass is 79.9. The minimum Gasteiger partial charge on any atom is -0.439 e. The number of halogens is 1. The number of hydrogen-bond acceptors (Lipinski definition) is 3. The number of rotatable bonds is 6. The summed E-state index contributed by atoms with van der Waals surface area (Å²) in [7, 11) is 0. The molecule has 0 bridgehead atoms. The van der Waals surface area contributed by atoms with Gasteiger partial charge >= 0.3 is 0 Å². The lowest BCUT2D eigenvalue weighted by molar-refractivity contribution is 0.453. The summed E-state index contributed by atoms with van der Waals surface area (Å²) < 4.78 is 7.00. The van der Waals surface area contributed by atoms with E-state index in [9.17, 15) is 0 Å². The first kappa shape index (κ1) is 16.0. The maximum atomic E-state index is 5.93. The van der Waals surface area contributed by atoms with Gasteiger partial charge in [-0.1, -0.05) is 42.8 Å². The van der Waals surface area contributed by atoms with Gasteiger partial charge in [0.2, 0.25) is 5.88 Å². The summed E-state index contributed by atoms with van der Waals surface area (Å²) in [6.45, 7) is 8.18. The molecule has 0 amide bonds. The van der Waals surface area contributed by atoms with Gasteiger partial charge in [-0.15, -0.1) is 0 Å². The number of pyridine rings is 1. The summed E-state index contributed by atoms with van der Waals surface area (Å²) in [5, 5.41) is 3.28. The molecule has 1 heterocycles. The van der Waals surface area contributed by atoms with Gasteiger partial charge in [0.1, 0.15) is 5.75 Å². The highest BCUT2D eigenvalue weighted by Gasteiger charge is 2.10. The number of nitrogens with zero attached hydrogens (tertiary/aromatic N) is 1. The average Bonchev–Trinajstić information content (AvgIpc) is 2.48. The van der Waals surface area contributed by atoms with Crippen LogP contribution in [0.2, 0.25) is 0 Å². The van der Waals surface area contributed by atoms with E-state index < -0.39 is 0 Å². The van der Waals surface area contributed by atoms with Crippen LogP contribution in [0.5, 0.6) is 11.6 Å². The second-order valence-electron chi connectivity index (χ2n) is 5.22. The van der Waals surface area contributed by atoms with Crippen LogP contribution in [0.25, 0.3) is 0 Å². The lowest BCUT2D eigenvalue weighted by Gasteiger charge is -2.14. The van der Waals surface area contributed by atoms with Crippen LogP contribution < -0.4 is 10.1 Å². The molecule has 21 heavy (non-hydrogen) atoms. The van der Waals surface area contributed by atoms with Crippen molar-refractivity contribution >= 4 is 15.9 Å². The number of aromatic nitrogens is 1. The van der Waals surface area contributed by atoms with Gasteiger partial charge in [0.15, 0.2) is 0 Å². The molecule has 1 N–H and O–H groups in total. The maximum absolute atomic E-state index is 5.93. The van der Waals surface area contributed by atoms with Crippen LogP contribution in [-0.2, 0) is 6.54 Å². The molecule has 0 saturated heterocycles. The van der Waals surface area contributed by atoms with Crippen molar-refractivity contribution in [1.82, 2.24) is 10.3 Å². The van der Waals surface area contributed by atoms with Crippen molar-refractivity contribution in [1.29, 1.82) is 0 Å². The third-order valence-electron chi connectivity index (χ3n) is 3.19. The fourth-order valence-electron chi connectivity index (χ4n) is 2.02. The lowest BCUT2D eigenvalue weighted by Crippen LogP contribution is -2.11. The van der Waals surface area contributed by atoms with Gasteiger partial charge in [-0.05, 0) is 41.8 Å². The first-order valence-corrected chi connectivity index (χ1v) is 8.02. The molecule has 4 heteroatoms. The van der Waals surface area contributed by atoms with Crippen LogP contribution in [0.3, 0.4) is 0 Å². The molecular formula is C17H21BrN2O. The molecule has 0 spiro atoms. The van der Waals surface area contributed by atoms with E-state index in [1.807, 2.05) is 30.5 Å². The standard InChI is InChI=1S/C17H21BrN2O/c1-4-19-10-13-5-8-17(20-11-13)21-16-7-6-14(18)9-15(16)12(2)3/h5-9,11-12,19H,4,10H2,1-3H3. The highest BCUT2D eigenvalue weighted by Crippen LogP contribution is 2.32. The molecule has 1 aromatic heterocycles. The van der Waals surface area contributed by atoms with Crippen molar-refractivity contribution in [2.75, 3.05) is 6.54 Å². The van der Waals surface area contributed by atoms with E-state index in [2.05, 4.69) is 53.1 Å². The molecule has 0 saturated carbocycles. The third-order valence-corrected chi connectivity index (χ3v) is 3.68. The normalized spacial score (nSPS) is 10.9. The summed E-state index contributed by atoms with van der Waals surface area (Å²) in [6, 6.07) is 10.0. The van der Waals surface area contributed by atoms with E-state index in [4.69, 9.17) is 4.74 Å². The summed E-state index contributed by atoms with van der Waals surface area (Å²) >= 11 is 3.51. The Balaban J connectivity index is 2.14. The maximum Gasteiger partial charge on any atom is 0.219 e. The van der Waals surface area contributed by atoms with Crippen molar-refractivity contribution in [3.63, 3.8) is 0 Å². The van der Waals surface area contributed by atoms with Crippen molar-refractivity contribution in [2.24, 2.45) is 0 Å². The van der Waals surface area contributed by atoms with E-state index in [1.165, 1.54) is 5.56 Å². The predicted octanol–water partition coefficient (Wildman–Crippen LogP) is 4.87. The van der Waals surface area contributed by atoms with Gasteiger partial charge in [0, 0.05) is 23.3 Å². The van der Waals surface area contributed by atoms with Crippen LogP contribution in [0, 0.1) is 0 Å². The molecule has 2 aromatic rings. The van der Waals surface area contributed by atoms with E-state index >= 15 is 0 Å². The topological polar surface area (TPSA) is 34.1 Å². The van der Waals surface area contributed by atoms with Gasteiger partial charge in [-0.25, -0.2) is 4.98 Å². The summed E-state index contributed by atoms with van der Waals surface area (Å²) in [5.41, 5.74) is 2.33. The Labute approximate surface area is 134 Å². The van der Waals surface area contributed by atoms with Crippen molar-refractivity contribution < 1.29 is 4.74 Å². The van der Waals surface area contributed by atoms with Gasteiger partial charge in [-0.3, -0.25) is 0 Å². The molecular weight excluding hydrogens is 328 g/mol. The van der Waals surface area contributed by atoms with Crippen LogP contribution in [-0.4, -0.2) is 11.5 Å². The second kappa shape index (κ2) is 7.57. The van der Waals surface area contributed by atoms with E-state index in [0.717, 1.165) is 28.9 Å². The van der Waals surface area contributed by atoms with Crippen molar-refractivity contribution in [3.05, 3.63) is 52.1 Å². The van der Waals surface area contributed by atoms with Gasteiger partial charge in [0.25, 0.3) is 0 Å². The first-order chi connectivity index (χ1) is 10.1. The Morgan fingerprint density at radius 1 is 1.24 bits per heavy atom. The highest BCUT2D eigenvalue weighted by molar-refractivity contribution is 9.10. The van der Waals surface area contributed by atoms with E-state index in [-0.39, 0.29) is 0 Å². The molecule has 0 aliphatic carbocycles. The molecule has 0 radical (unpaired) electrons. The van der Waals surface area contributed by atoms with Gasteiger partial charge in [0.05, 0.1) is 0 Å². The van der Waals surface area contributed by atoms with Crippen LogP contribution in [0.15, 0.2) is 41.0 Å². The van der Waals surface area contributed by atoms with E-state index in [1.54, 1.807) is 0 Å². The Hall–Kier alpha value is -1.39. The average molecular weight is 349 g/mol. The zero-order valence-electron chi connectivity index (χ0n) is 12.7. The van der Waals surface area contributed by atoms with Crippen LogP contribution >= 0.6 is 15.9 Å². The zero-order chi connectivity index (χ0) is 15.2. The fraction of sp³-hybridized carbons (Fsp3) is 0.353. The van der Waals surface area contributed by atoms with Crippen LogP contribution in [0.1, 0.15) is 37.8 Å². The smallest absolute Gasteiger partial charge is 0.219 e. The minimum absolute atomic E-state index is 0.394. The Bertz CT molecular complexity index is 582. The summed E-state index contributed by atoms with van der Waals surface area (Å²) in [5.74, 6) is 1.88. The van der Waals surface area contributed by atoms with Crippen molar-refractivity contribution in [3.8, 4) is 11.6 Å². The van der Waals surface area contributed by atoms with Crippen LogP contribution in [0.4, 0.5) is 0 Å². The Morgan fingerprint density at radius 2 is 2.05 bits per heavy atom. The molecule has 0 unspecified atom stereocenters. The molecule has 1 aromatic carbocycles. The molecule has 0 atom stereocenters. The largest absolute Gasteiger partial charge is 0.439 e. The minimum atomic E-state index is 0.394. The van der Waals surface area contributed by atoms with Gasteiger partial charge < -0.3 is 10.1 Å². The molecule has 0 aliphatic rings. The van der Waals surface area contributed by atoms with E-state index in [0.29, 0.717) is 11.8 Å². The molecule has 2 rings (SSSR count). The predicted molar refractivity (Wildman–Crippen MR) is 89.9 cm³/mol. The zero-order valence-corrected chi connectivity index (χ0v) is 14.3. The number of hydrogen-bond donors (Lipinski definition) is 1. The van der Waals surface area contributed by atoms with Gasteiger partial charge in [-0.2, -0.15) is 0 Å². The fourth-order valence-corrected chi connectivity index (χ4v) is 2.40. The second-order valence-corrected chi connectivity index (χ2v) is 6.14.